The van der Waals surface area contributed by atoms with Crippen LogP contribution in [0.2, 0.25) is 0 Å². The number of carbonyl (C=O) groups excluding carboxylic acids is 2. The smallest absolute Gasteiger partial charge is 0.338 e. The molecule has 0 aromatic heterocycles. The number of esters is 1. The summed E-state index contributed by atoms with van der Waals surface area (Å²) < 4.78 is 23.8. The highest BCUT2D eigenvalue weighted by Gasteiger charge is 2.35. The van der Waals surface area contributed by atoms with Gasteiger partial charge in [0.05, 0.1) is 25.3 Å². The van der Waals surface area contributed by atoms with Crippen LogP contribution in [0.5, 0.6) is 11.5 Å². The molecule has 0 spiro atoms. The summed E-state index contributed by atoms with van der Waals surface area (Å²) >= 11 is 0. The van der Waals surface area contributed by atoms with Crippen molar-refractivity contribution in [3.63, 3.8) is 0 Å². The maximum Gasteiger partial charge on any atom is 0.338 e. The number of benzene rings is 2. The van der Waals surface area contributed by atoms with E-state index in [0.717, 1.165) is 18.8 Å². The molecule has 0 radical (unpaired) electrons. The van der Waals surface area contributed by atoms with E-state index in [1.54, 1.807) is 31.2 Å². The number of aromatic hydroxyl groups is 1. The molecule has 0 bridgehead atoms. The molecule has 0 saturated carbocycles. The van der Waals surface area contributed by atoms with E-state index in [9.17, 15) is 19.1 Å². The second-order valence-electron chi connectivity index (χ2n) is 8.32. The predicted molar refractivity (Wildman–Crippen MR) is 128 cm³/mol. The number of nitrogens with one attached hydrogen (secondary N) is 2. The minimum atomic E-state index is -0.772. The number of urea groups is 1. The van der Waals surface area contributed by atoms with Crippen molar-refractivity contribution in [2.45, 2.75) is 13.0 Å². The van der Waals surface area contributed by atoms with Crippen molar-refractivity contribution in [1.82, 2.24) is 15.5 Å². The van der Waals surface area contributed by atoms with E-state index in [1.165, 1.54) is 25.3 Å². The number of phenols is 1. The van der Waals surface area contributed by atoms with Crippen LogP contribution in [0.25, 0.3) is 0 Å². The van der Waals surface area contributed by atoms with Crippen molar-refractivity contribution in [3.05, 3.63) is 65.1 Å². The molecule has 3 N–H and O–H groups in total. The molecule has 2 aliphatic rings. The first-order chi connectivity index (χ1) is 16.9. The molecule has 1 fully saturated rings. The largest absolute Gasteiger partial charge is 0.504 e. The van der Waals surface area contributed by atoms with Gasteiger partial charge in [0.2, 0.25) is 0 Å². The lowest BCUT2D eigenvalue weighted by Gasteiger charge is -2.38. The lowest BCUT2D eigenvalue weighted by molar-refractivity contribution is -0.136. The first-order valence-electron chi connectivity index (χ1n) is 11.5. The fourth-order valence-electron chi connectivity index (χ4n) is 4.36. The molecule has 2 aliphatic heterocycles. The number of hydrogen-bond acceptors (Lipinski definition) is 7. The van der Waals surface area contributed by atoms with Crippen molar-refractivity contribution in [2.75, 3.05) is 51.3 Å². The number of halogens is 1. The Balaban J connectivity index is 1.56. The number of hydrogen-bond donors (Lipinski definition) is 3. The highest BCUT2D eigenvalue weighted by molar-refractivity contribution is 5.95. The minimum Gasteiger partial charge on any atom is -0.504 e. The van der Waals surface area contributed by atoms with Crippen molar-refractivity contribution < 1.29 is 28.6 Å². The Hall–Kier alpha value is -3.79. The third-order valence-electron chi connectivity index (χ3n) is 6.12. The highest BCUT2D eigenvalue weighted by atomic mass is 19.1. The van der Waals surface area contributed by atoms with Gasteiger partial charge in [-0.3, -0.25) is 4.90 Å². The summed E-state index contributed by atoms with van der Waals surface area (Å²) in [5, 5.41) is 15.6. The lowest BCUT2D eigenvalue weighted by atomic mass is 9.94. The van der Waals surface area contributed by atoms with E-state index in [0.29, 0.717) is 43.1 Å². The molecular weight excluding hydrogens is 455 g/mol. The number of ether oxygens (including phenoxy) is 2. The molecule has 2 aromatic carbocycles. The van der Waals surface area contributed by atoms with E-state index in [-0.39, 0.29) is 17.3 Å². The minimum absolute atomic E-state index is 0.0290. The van der Waals surface area contributed by atoms with Crippen molar-refractivity contribution in [3.8, 4) is 11.5 Å². The van der Waals surface area contributed by atoms with Gasteiger partial charge in [0.1, 0.15) is 5.82 Å². The molecule has 186 valence electrons. The van der Waals surface area contributed by atoms with Crippen LogP contribution in [0.15, 0.2) is 53.7 Å². The zero-order valence-corrected chi connectivity index (χ0v) is 19.7. The molecule has 2 amide bonds. The molecule has 4 rings (SSSR count). The quantitative estimate of drug-likeness (QED) is 0.519. The summed E-state index contributed by atoms with van der Waals surface area (Å²) in [6.45, 7) is 5.32. The number of anilines is 1. The van der Waals surface area contributed by atoms with Crippen LogP contribution in [-0.2, 0) is 9.53 Å². The van der Waals surface area contributed by atoms with Crippen LogP contribution < -0.4 is 20.3 Å². The number of methoxy groups -OCH3 is 1. The van der Waals surface area contributed by atoms with Crippen LogP contribution in [0.3, 0.4) is 0 Å². The molecule has 1 unspecified atom stereocenters. The van der Waals surface area contributed by atoms with E-state index in [1.807, 2.05) is 0 Å². The normalized spacial score (nSPS) is 18.7. The molecule has 9 nitrogen and oxygen atoms in total. The summed E-state index contributed by atoms with van der Waals surface area (Å²) in [6, 6.07) is 9.91. The standard InChI is InChI=1S/C25H29FN4O5/c1-3-35-21-14-16(4-9-20(21)31)23-22(24(32)34-2)19(27-25(33)28-23)15-29-10-12-30(13-11-29)18-7-5-17(26)6-8-18/h4-9,14,23,31H,3,10-13,15H2,1-2H3,(H2,27,28,33). The molecule has 1 saturated heterocycles. The zero-order chi connectivity index (χ0) is 24.9. The van der Waals surface area contributed by atoms with E-state index in [2.05, 4.69) is 20.4 Å². The molecule has 1 atom stereocenters. The van der Waals surface area contributed by atoms with E-state index < -0.39 is 18.0 Å². The van der Waals surface area contributed by atoms with Gasteiger partial charge >= 0.3 is 12.0 Å². The fraction of sp³-hybridized carbons (Fsp3) is 0.360. The van der Waals surface area contributed by atoms with Gasteiger partial charge in [-0.25, -0.2) is 14.0 Å². The summed E-state index contributed by atoms with van der Waals surface area (Å²) in [5.41, 5.74) is 2.29. The second kappa shape index (κ2) is 10.6. The van der Waals surface area contributed by atoms with Gasteiger partial charge in [0.25, 0.3) is 0 Å². The number of amides is 2. The first-order valence-corrected chi connectivity index (χ1v) is 11.5. The Morgan fingerprint density at radius 2 is 1.86 bits per heavy atom. The highest BCUT2D eigenvalue weighted by Crippen LogP contribution is 2.34. The summed E-state index contributed by atoms with van der Waals surface area (Å²) in [6.07, 6.45) is 0. The number of nitrogens with zero attached hydrogens (tertiary/aromatic N) is 2. The van der Waals surface area contributed by atoms with Crippen molar-refractivity contribution >= 4 is 17.7 Å². The second-order valence-corrected chi connectivity index (χ2v) is 8.32. The number of phenolic OH excluding ortho intramolecular Hbond substituents is 1. The average Bonchev–Trinajstić information content (AvgIpc) is 2.86. The number of carbonyl (C=O) groups is 2. The predicted octanol–water partition coefficient (Wildman–Crippen LogP) is 2.53. The molecule has 0 aliphatic carbocycles. The number of piperazine rings is 1. The summed E-state index contributed by atoms with van der Waals surface area (Å²) in [7, 11) is 1.30. The van der Waals surface area contributed by atoms with E-state index >= 15 is 0 Å². The molecule has 2 heterocycles. The van der Waals surface area contributed by atoms with Crippen LogP contribution in [-0.4, -0.2) is 68.4 Å². The topological polar surface area (TPSA) is 103 Å². The monoisotopic (exact) mass is 484 g/mol. The third kappa shape index (κ3) is 5.48. The lowest BCUT2D eigenvalue weighted by Crippen LogP contribution is -2.51. The Bertz CT molecular complexity index is 1110. The van der Waals surface area contributed by atoms with Gasteiger partial charge in [-0.15, -0.1) is 0 Å². The summed E-state index contributed by atoms with van der Waals surface area (Å²) in [4.78, 5) is 29.7. The first kappa shape index (κ1) is 24.3. The maximum absolute atomic E-state index is 13.2. The Morgan fingerprint density at radius 3 is 2.51 bits per heavy atom. The van der Waals surface area contributed by atoms with Gasteiger partial charge in [-0.05, 0) is 48.9 Å². The van der Waals surface area contributed by atoms with Crippen LogP contribution in [0.4, 0.5) is 14.9 Å². The zero-order valence-electron chi connectivity index (χ0n) is 19.7. The van der Waals surface area contributed by atoms with Gasteiger partial charge in [0, 0.05) is 44.1 Å². The Kier molecular flexibility index (Phi) is 7.40. The maximum atomic E-state index is 13.2. The molecule has 35 heavy (non-hydrogen) atoms. The third-order valence-corrected chi connectivity index (χ3v) is 6.12. The number of rotatable bonds is 7. The molecule has 2 aromatic rings. The SMILES string of the molecule is CCOc1cc(C2NC(=O)NC(CN3CCN(c4ccc(F)cc4)CC3)=C2C(=O)OC)ccc1O. The fourth-order valence-corrected chi connectivity index (χ4v) is 4.36. The van der Waals surface area contributed by atoms with E-state index in [4.69, 9.17) is 9.47 Å². The van der Waals surface area contributed by atoms with Crippen molar-refractivity contribution in [2.24, 2.45) is 0 Å². The van der Waals surface area contributed by atoms with Gasteiger partial charge in [0.15, 0.2) is 11.5 Å². The van der Waals surface area contributed by atoms with Crippen molar-refractivity contribution in [1.29, 1.82) is 0 Å². The van der Waals surface area contributed by atoms with Gasteiger partial charge in [-0.1, -0.05) is 6.07 Å². The van der Waals surface area contributed by atoms with Crippen LogP contribution in [0, 0.1) is 5.82 Å². The average molecular weight is 485 g/mol. The van der Waals surface area contributed by atoms with Crippen LogP contribution in [0.1, 0.15) is 18.5 Å². The Labute approximate surface area is 203 Å². The molecular formula is C25H29FN4O5. The molecule has 10 heteroatoms. The van der Waals surface area contributed by atoms with Crippen LogP contribution >= 0.6 is 0 Å². The summed E-state index contributed by atoms with van der Waals surface area (Å²) in [5.74, 6) is -0.597. The van der Waals surface area contributed by atoms with Gasteiger partial charge in [-0.2, -0.15) is 0 Å². The Morgan fingerprint density at radius 1 is 1.14 bits per heavy atom. The van der Waals surface area contributed by atoms with Gasteiger partial charge < -0.3 is 30.1 Å².